The van der Waals surface area contributed by atoms with E-state index in [-0.39, 0.29) is 11.4 Å². The molecule has 0 unspecified atom stereocenters. The minimum Gasteiger partial charge on any atom is -0.406 e. The number of ether oxygens (including phenoxy) is 1. The number of rotatable bonds is 5. The molecule has 0 fully saturated rings. The quantitative estimate of drug-likeness (QED) is 0.898. The molecule has 0 bridgehead atoms. The molecule has 0 aliphatic heterocycles. The van der Waals surface area contributed by atoms with Gasteiger partial charge in [0.1, 0.15) is 5.75 Å². The Morgan fingerprint density at radius 2 is 1.67 bits per heavy atom. The summed E-state index contributed by atoms with van der Waals surface area (Å²) in [5.74, 6) is -0.508. The van der Waals surface area contributed by atoms with Crippen LogP contribution < -0.4 is 4.74 Å². The molecule has 0 amide bonds. The van der Waals surface area contributed by atoms with Gasteiger partial charge in [-0.3, -0.25) is 0 Å². The molecule has 1 aromatic rings. The number of likely N-dealkylation sites (N-methyl/N-ethyl adjacent to an activating group) is 1. The SMILES string of the molecule is CN(CC(C)(C)O)S(=O)(=O)c1ccc(OC(F)(F)F)cc1. The second-order valence-corrected chi connectivity index (χ2v) is 7.14. The largest absolute Gasteiger partial charge is 0.573 e. The maximum absolute atomic E-state index is 12.2. The zero-order valence-corrected chi connectivity index (χ0v) is 12.5. The monoisotopic (exact) mass is 327 g/mol. The Balaban J connectivity index is 2.95. The summed E-state index contributed by atoms with van der Waals surface area (Å²) >= 11 is 0. The lowest BCUT2D eigenvalue weighted by molar-refractivity contribution is -0.274. The van der Waals surface area contributed by atoms with Gasteiger partial charge in [0.05, 0.1) is 10.5 Å². The van der Waals surface area contributed by atoms with Gasteiger partial charge in [0.2, 0.25) is 10.0 Å². The maximum Gasteiger partial charge on any atom is 0.573 e. The molecule has 1 rings (SSSR count). The third-order valence-corrected chi connectivity index (χ3v) is 4.19. The Bertz CT molecular complexity index is 576. The van der Waals surface area contributed by atoms with Gasteiger partial charge in [-0.25, -0.2) is 8.42 Å². The van der Waals surface area contributed by atoms with E-state index >= 15 is 0 Å². The molecule has 0 aliphatic carbocycles. The number of halogens is 3. The number of aliphatic hydroxyl groups is 1. The second-order valence-electron chi connectivity index (χ2n) is 5.09. The van der Waals surface area contributed by atoms with E-state index in [1.54, 1.807) is 0 Å². The summed E-state index contributed by atoms with van der Waals surface area (Å²) in [6.07, 6.45) is -4.84. The summed E-state index contributed by atoms with van der Waals surface area (Å²) in [5, 5.41) is 9.62. The summed E-state index contributed by atoms with van der Waals surface area (Å²) in [6, 6.07) is 3.85. The van der Waals surface area contributed by atoms with Crippen molar-refractivity contribution in [1.82, 2.24) is 4.31 Å². The lowest BCUT2D eigenvalue weighted by Crippen LogP contribution is -2.39. The van der Waals surface area contributed by atoms with E-state index in [1.165, 1.54) is 20.9 Å². The van der Waals surface area contributed by atoms with Crippen LogP contribution in [0, 0.1) is 0 Å². The fraction of sp³-hybridized carbons (Fsp3) is 0.500. The van der Waals surface area contributed by atoms with Gasteiger partial charge in [-0.05, 0) is 38.1 Å². The van der Waals surface area contributed by atoms with E-state index in [2.05, 4.69) is 4.74 Å². The van der Waals surface area contributed by atoms with Gasteiger partial charge in [-0.2, -0.15) is 4.31 Å². The molecule has 1 aromatic carbocycles. The molecule has 5 nitrogen and oxygen atoms in total. The Morgan fingerprint density at radius 1 is 1.19 bits per heavy atom. The highest BCUT2D eigenvalue weighted by Crippen LogP contribution is 2.25. The highest BCUT2D eigenvalue weighted by atomic mass is 32.2. The molecule has 0 spiro atoms. The van der Waals surface area contributed by atoms with Crippen LogP contribution in [0.3, 0.4) is 0 Å². The summed E-state index contributed by atoms with van der Waals surface area (Å²) in [7, 11) is -2.62. The van der Waals surface area contributed by atoms with Crippen molar-refractivity contribution in [3.8, 4) is 5.75 Å². The third-order valence-electron chi connectivity index (χ3n) is 2.38. The number of sulfonamides is 1. The Hall–Kier alpha value is -1.32. The molecule has 0 aliphatic rings. The smallest absolute Gasteiger partial charge is 0.406 e. The van der Waals surface area contributed by atoms with E-state index in [9.17, 15) is 26.7 Å². The van der Waals surface area contributed by atoms with E-state index in [0.29, 0.717) is 0 Å². The summed E-state index contributed by atoms with van der Waals surface area (Å²) < 4.78 is 64.9. The minimum absolute atomic E-state index is 0.157. The molecule has 0 aromatic heterocycles. The Kier molecular flexibility index (Phi) is 4.91. The number of nitrogens with zero attached hydrogens (tertiary/aromatic N) is 1. The Labute approximate surface area is 121 Å². The molecule has 1 N–H and O–H groups in total. The first-order valence-electron chi connectivity index (χ1n) is 5.86. The number of alkyl halides is 3. The molecule has 120 valence electrons. The van der Waals surface area contributed by atoms with E-state index in [4.69, 9.17) is 0 Å². The van der Waals surface area contributed by atoms with Crippen molar-refractivity contribution in [3.63, 3.8) is 0 Å². The van der Waals surface area contributed by atoms with E-state index < -0.39 is 27.7 Å². The molecule has 0 saturated heterocycles. The van der Waals surface area contributed by atoms with Crippen LogP contribution >= 0.6 is 0 Å². The highest BCUT2D eigenvalue weighted by molar-refractivity contribution is 7.89. The van der Waals surface area contributed by atoms with Gasteiger partial charge >= 0.3 is 6.36 Å². The third kappa shape index (κ3) is 5.52. The van der Waals surface area contributed by atoms with Crippen LogP contribution in [-0.2, 0) is 10.0 Å². The van der Waals surface area contributed by atoms with Gasteiger partial charge in [0.25, 0.3) is 0 Å². The van der Waals surface area contributed by atoms with Gasteiger partial charge in [-0.1, -0.05) is 0 Å². The zero-order valence-electron chi connectivity index (χ0n) is 11.7. The highest BCUT2D eigenvalue weighted by Gasteiger charge is 2.31. The molecule has 9 heteroatoms. The first-order chi connectivity index (χ1) is 9.31. The average molecular weight is 327 g/mol. The van der Waals surface area contributed by atoms with Gasteiger partial charge in [0, 0.05) is 13.6 Å². The molecule has 21 heavy (non-hydrogen) atoms. The summed E-state index contributed by atoms with van der Waals surface area (Å²) in [4.78, 5) is -0.191. The molecule has 0 heterocycles. The first-order valence-corrected chi connectivity index (χ1v) is 7.30. The van der Waals surface area contributed by atoms with Crippen LogP contribution in [0.1, 0.15) is 13.8 Å². The zero-order chi connectivity index (χ0) is 16.5. The summed E-state index contributed by atoms with van der Waals surface area (Å²) in [6.45, 7) is 2.73. The van der Waals surface area contributed by atoms with Crippen LogP contribution in [0.15, 0.2) is 29.2 Å². The second kappa shape index (κ2) is 5.82. The predicted octanol–water partition coefficient (Wildman–Crippen LogP) is 1.98. The van der Waals surface area contributed by atoms with Crippen molar-refractivity contribution in [2.24, 2.45) is 0 Å². The number of hydrogen-bond donors (Lipinski definition) is 1. The average Bonchev–Trinajstić information content (AvgIpc) is 2.25. The van der Waals surface area contributed by atoms with Crippen LogP contribution in [-0.4, -0.2) is 43.4 Å². The number of hydrogen-bond acceptors (Lipinski definition) is 4. The lowest BCUT2D eigenvalue weighted by Gasteiger charge is -2.25. The van der Waals surface area contributed by atoms with Crippen molar-refractivity contribution in [2.45, 2.75) is 30.7 Å². The van der Waals surface area contributed by atoms with Crippen molar-refractivity contribution in [2.75, 3.05) is 13.6 Å². The molecule has 0 radical (unpaired) electrons. The van der Waals surface area contributed by atoms with Crippen LogP contribution in [0.4, 0.5) is 13.2 Å². The predicted molar refractivity (Wildman–Crippen MR) is 69.2 cm³/mol. The minimum atomic E-state index is -4.84. The standard InChI is InChI=1S/C12H16F3NO4S/c1-11(2,17)8-16(3)21(18,19)10-6-4-9(5-7-10)20-12(13,14)15/h4-7,17H,8H2,1-3H3. The van der Waals surface area contributed by atoms with E-state index in [1.807, 2.05) is 0 Å². The molecule has 0 atom stereocenters. The van der Waals surface area contributed by atoms with Crippen LogP contribution in [0.2, 0.25) is 0 Å². The van der Waals surface area contributed by atoms with Crippen molar-refractivity contribution >= 4 is 10.0 Å². The van der Waals surface area contributed by atoms with Crippen molar-refractivity contribution in [3.05, 3.63) is 24.3 Å². The van der Waals surface area contributed by atoms with Gasteiger partial charge in [0.15, 0.2) is 0 Å². The fourth-order valence-corrected chi connectivity index (χ4v) is 2.95. The Morgan fingerprint density at radius 3 is 2.05 bits per heavy atom. The van der Waals surface area contributed by atoms with Gasteiger partial charge < -0.3 is 9.84 Å². The van der Waals surface area contributed by atoms with Crippen LogP contribution in [0.25, 0.3) is 0 Å². The molecular formula is C12H16F3NO4S. The fourth-order valence-electron chi connectivity index (χ4n) is 1.62. The summed E-state index contributed by atoms with van der Waals surface area (Å²) in [5.41, 5.74) is -1.23. The lowest BCUT2D eigenvalue weighted by atomic mass is 10.1. The topological polar surface area (TPSA) is 66.8 Å². The molecular weight excluding hydrogens is 311 g/mol. The van der Waals surface area contributed by atoms with Gasteiger partial charge in [-0.15, -0.1) is 13.2 Å². The van der Waals surface area contributed by atoms with Crippen molar-refractivity contribution < 1.29 is 31.4 Å². The first kappa shape index (κ1) is 17.7. The maximum atomic E-state index is 12.2. The van der Waals surface area contributed by atoms with E-state index in [0.717, 1.165) is 28.6 Å². The van der Waals surface area contributed by atoms with Crippen LogP contribution in [0.5, 0.6) is 5.75 Å². The molecule has 0 saturated carbocycles. The normalized spacial score (nSPS) is 13.5. The number of benzene rings is 1. The van der Waals surface area contributed by atoms with Crippen molar-refractivity contribution in [1.29, 1.82) is 0 Å².